The van der Waals surface area contributed by atoms with Crippen LogP contribution in [0.3, 0.4) is 0 Å². The van der Waals surface area contributed by atoms with Gasteiger partial charge in [-0.05, 0) is 53.1 Å². The number of furan rings is 1. The van der Waals surface area contributed by atoms with Crippen molar-refractivity contribution < 1.29 is 5.79 Å². The molecular formula is C51H32N4O. The van der Waals surface area contributed by atoms with Crippen LogP contribution < -0.4 is 0 Å². The fourth-order valence-corrected chi connectivity index (χ4v) is 7.96. The molecule has 0 unspecified atom stereocenters. The van der Waals surface area contributed by atoms with Crippen LogP contribution in [0, 0.1) is 0 Å². The minimum Gasteiger partial charge on any atom is -0.455 e. The molecule has 0 radical (unpaired) electrons. The smallest absolute Gasteiger partial charge is 0.166 e. The molecule has 5 nitrogen and oxygen atoms in total. The van der Waals surface area contributed by atoms with Crippen LogP contribution in [0.1, 0.15) is 1.37 Å². The van der Waals surface area contributed by atoms with Crippen molar-refractivity contribution in [2.24, 2.45) is 0 Å². The normalized spacial score (nSPS) is 11.8. The fourth-order valence-electron chi connectivity index (χ4n) is 7.96. The Balaban J connectivity index is 1.22. The molecule has 0 atom stereocenters. The molecule has 0 saturated heterocycles. The average molecular weight is 718 g/mol. The predicted molar refractivity (Wildman–Crippen MR) is 229 cm³/mol. The van der Waals surface area contributed by atoms with Gasteiger partial charge in [0.2, 0.25) is 0 Å². The molecule has 262 valence electrons. The van der Waals surface area contributed by atoms with Gasteiger partial charge in [-0.2, -0.15) is 0 Å². The Bertz CT molecular complexity index is 3240. The first-order valence-corrected chi connectivity index (χ1v) is 18.7. The van der Waals surface area contributed by atoms with Crippen molar-refractivity contribution in [1.82, 2.24) is 19.5 Å². The van der Waals surface area contributed by atoms with Crippen LogP contribution in [0.15, 0.2) is 199 Å². The third kappa shape index (κ3) is 5.29. The summed E-state index contributed by atoms with van der Waals surface area (Å²) in [6.45, 7) is 0. The first-order valence-electron chi connectivity index (χ1n) is 19.2. The zero-order chi connectivity index (χ0) is 37.9. The number of nitrogens with zero attached hydrogens (tertiary/aromatic N) is 4. The van der Waals surface area contributed by atoms with Crippen LogP contribution in [0.5, 0.6) is 0 Å². The van der Waals surface area contributed by atoms with Crippen LogP contribution in [0.4, 0.5) is 0 Å². The van der Waals surface area contributed by atoms with Crippen LogP contribution in [0.25, 0.3) is 106 Å². The second-order valence-electron chi connectivity index (χ2n) is 13.9. The molecule has 5 heteroatoms. The molecule has 0 amide bonds. The Labute approximate surface area is 324 Å². The third-order valence-corrected chi connectivity index (χ3v) is 10.6. The first kappa shape index (κ1) is 30.8. The summed E-state index contributed by atoms with van der Waals surface area (Å²) in [5, 5.41) is 4.21. The largest absolute Gasteiger partial charge is 0.455 e. The fraction of sp³-hybridized carbons (Fsp3) is 0. The molecule has 0 aliphatic heterocycles. The Kier molecular flexibility index (Phi) is 7.17. The molecule has 11 rings (SSSR count). The average Bonchev–Trinajstić information content (AvgIpc) is 3.82. The summed E-state index contributed by atoms with van der Waals surface area (Å²) in [4.78, 5) is 15.5. The molecule has 0 aliphatic carbocycles. The molecule has 8 aromatic carbocycles. The van der Waals surface area contributed by atoms with E-state index in [1.165, 1.54) is 0 Å². The van der Waals surface area contributed by atoms with Gasteiger partial charge < -0.3 is 8.98 Å². The van der Waals surface area contributed by atoms with E-state index in [1.54, 1.807) is 0 Å². The highest BCUT2D eigenvalue weighted by Crippen LogP contribution is 2.41. The summed E-state index contributed by atoms with van der Waals surface area (Å²) in [5.41, 5.74) is 11.4. The van der Waals surface area contributed by atoms with Crippen LogP contribution >= 0.6 is 0 Å². The number of hydrogen-bond acceptors (Lipinski definition) is 4. The van der Waals surface area contributed by atoms with Crippen molar-refractivity contribution in [3.05, 3.63) is 194 Å². The predicted octanol–water partition coefficient (Wildman–Crippen LogP) is 13.2. The molecule has 56 heavy (non-hydrogen) atoms. The Hall–Kier alpha value is -7.63. The van der Waals surface area contributed by atoms with Gasteiger partial charge in [-0.25, -0.2) is 15.0 Å². The summed E-state index contributed by atoms with van der Waals surface area (Å²) in [6.07, 6.45) is 0. The van der Waals surface area contributed by atoms with E-state index in [2.05, 4.69) is 89.5 Å². The minimum atomic E-state index is 0.457. The number of rotatable bonds is 6. The van der Waals surface area contributed by atoms with Crippen molar-refractivity contribution in [3.63, 3.8) is 0 Å². The summed E-state index contributed by atoms with van der Waals surface area (Å²) in [7, 11) is 0. The highest BCUT2D eigenvalue weighted by atomic mass is 16.3. The van der Waals surface area contributed by atoms with Crippen LogP contribution in [-0.4, -0.2) is 19.5 Å². The van der Waals surface area contributed by atoms with Crippen molar-refractivity contribution in [2.75, 3.05) is 0 Å². The van der Waals surface area contributed by atoms with E-state index >= 15 is 0 Å². The van der Waals surface area contributed by atoms with Crippen LogP contribution in [-0.2, 0) is 0 Å². The van der Waals surface area contributed by atoms with Crippen molar-refractivity contribution in [3.8, 4) is 62.1 Å². The summed E-state index contributed by atoms with van der Waals surface area (Å²) >= 11 is 0. The zero-order valence-corrected chi connectivity index (χ0v) is 30.1. The molecule has 3 heterocycles. The lowest BCUT2D eigenvalue weighted by molar-refractivity contribution is 0.670. The monoisotopic (exact) mass is 717 g/mol. The summed E-state index contributed by atoms with van der Waals surface area (Å²) in [5.74, 6) is 1.72. The van der Waals surface area contributed by atoms with E-state index in [0.29, 0.717) is 23.5 Å². The summed E-state index contributed by atoms with van der Waals surface area (Å²) < 4.78 is 17.5. The maximum atomic E-state index is 8.66. The second-order valence-corrected chi connectivity index (χ2v) is 13.9. The van der Waals surface area contributed by atoms with Gasteiger partial charge in [0.1, 0.15) is 11.2 Å². The minimum absolute atomic E-state index is 0.457. The van der Waals surface area contributed by atoms with Gasteiger partial charge in [0.15, 0.2) is 17.5 Å². The maximum Gasteiger partial charge on any atom is 0.166 e. The Morgan fingerprint density at radius 2 is 1.02 bits per heavy atom. The van der Waals surface area contributed by atoms with Crippen molar-refractivity contribution in [2.45, 2.75) is 0 Å². The van der Waals surface area contributed by atoms with Gasteiger partial charge in [0.05, 0.1) is 18.1 Å². The van der Waals surface area contributed by atoms with Gasteiger partial charge in [0, 0.05) is 43.8 Å². The second kappa shape index (κ2) is 13.0. The van der Waals surface area contributed by atoms with Gasteiger partial charge in [-0.15, -0.1) is 0 Å². The molecular weight excluding hydrogens is 685 g/mol. The number of fused-ring (bicyclic) bond motifs is 6. The Morgan fingerprint density at radius 3 is 1.77 bits per heavy atom. The van der Waals surface area contributed by atoms with Gasteiger partial charge in [-0.3, -0.25) is 0 Å². The molecule has 0 N–H and O–H groups in total. The molecule has 0 bridgehead atoms. The first-order chi connectivity index (χ1) is 28.2. The van der Waals surface area contributed by atoms with Crippen molar-refractivity contribution >= 4 is 43.7 Å². The molecule has 0 fully saturated rings. The highest BCUT2D eigenvalue weighted by molar-refractivity contribution is 6.12. The SMILES string of the molecule is [2H]c1ccc2c(c1)c1cc(-c3ccccc3)ccc1n2-c1ccc(-c2cccc3c2oc2ccccc23)cc1-c1nc(-c2ccccc2)nc(-c2ccccc2)n1. The van der Waals surface area contributed by atoms with E-state index in [0.717, 1.165) is 88.4 Å². The maximum absolute atomic E-state index is 8.66. The lowest BCUT2D eigenvalue weighted by atomic mass is 9.98. The molecule has 0 spiro atoms. The standard InChI is InChI=1S/C51H32N4O/c1-4-15-33(16-5-1)36-27-29-45-42(31-36)39-21-10-12-25-44(39)55(45)46-30-28-37(38-23-14-24-41-40-22-11-13-26-47(40)56-48(38)41)32-43(46)51-53-49(34-17-6-2-7-18-34)52-50(54-51)35-19-8-3-9-20-35/h1-32H/i10D. The number of benzene rings is 8. The highest BCUT2D eigenvalue weighted by Gasteiger charge is 2.22. The lowest BCUT2D eigenvalue weighted by Gasteiger charge is -2.16. The van der Waals surface area contributed by atoms with E-state index < -0.39 is 0 Å². The van der Waals surface area contributed by atoms with Gasteiger partial charge in [0.25, 0.3) is 0 Å². The molecule has 0 saturated carbocycles. The lowest BCUT2D eigenvalue weighted by Crippen LogP contribution is -2.04. The van der Waals surface area contributed by atoms with Gasteiger partial charge in [-0.1, -0.05) is 158 Å². The van der Waals surface area contributed by atoms with Crippen LogP contribution in [0.2, 0.25) is 0 Å². The quantitative estimate of drug-likeness (QED) is 0.172. The number of aromatic nitrogens is 4. The Morgan fingerprint density at radius 1 is 0.393 bits per heavy atom. The van der Waals surface area contributed by atoms with E-state index in [1.807, 2.05) is 103 Å². The van der Waals surface area contributed by atoms with Crippen molar-refractivity contribution in [1.29, 1.82) is 0 Å². The number of para-hydroxylation sites is 3. The third-order valence-electron chi connectivity index (χ3n) is 10.6. The van der Waals surface area contributed by atoms with Gasteiger partial charge >= 0.3 is 0 Å². The van der Waals surface area contributed by atoms with E-state index in [4.69, 9.17) is 20.7 Å². The topological polar surface area (TPSA) is 56.7 Å². The number of hydrogen-bond donors (Lipinski definition) is 0. The molecule has 11 aromatic rings. The summed E-state index contributed by atoms with van der Waals surface area (Å²) in [6, 6.07) is 64.5. The van der Waals surface area contributed by atoms with E-state index in [9.17, 15) is 0 Å². The zero-order valence-electron chi connectivity index (χ0n) is 31.1. The van der Waals surface area contributed by atoms with E-state index in [-0.39, 0.29) is 0 Å². The molecule has 0 aliphatic rings. The molecule has 3 aromatic heterocycles.